The highest BCUT2D eigenvalue weighted by Gasteiger charge is 2.25. The fourth-order valence-corrected chi connectivity index (χ4v) is 3.81. The van der Waals surface area contributed by atoms with Crippen LogP contribution in [0.15, 0.2) is 28.9 Å². The molecule has 1 fully saturated rings. The van der Waals surface area contributed by atoms with E-state index in [4.69, 9.17) is 23.2 Å². The molecule has 0 N–H and O–H groups in total. The van der Waals surface area contributed by atoms with E-state index in [1.807, 2.05) is 30.2 Å². The molecule has 3 rings (SSSR count). The minimum Gasteiger partial charge on any atom is -0.335 e. The van der Waals surface area contributed by atoms with E-state index >= 15 is 0 Å². The van der Waals surface area contributed by atoms with Crippen molar-refractivity contribution in [1.29, 1.82) is 0 Å². The fraction of sp³-hybridized carbons (Fsp3) is 0.412. The van der Waals surface area contributed by atoms with Crippen molar-refractivity contribution in [3.8, 4) is 0 Å². The summed E-state index contributed by atoms with van der Waals surface area (Å²) in [5, 5.41) is 5.67. The van der Waals surface area contributed by atoms with E-state index in [2.05, 4.69) is 25.9 Å². The molecule has 5 nitrogen and oxygen atoms in total. The Balaban J connectivity index is 1.59. The molecule has 0 radical (unpaired) electrons. The van der Waals surface area contributed by atoms with Gasteiger partial charge in [0.25, 0.3) is 5.91 Å². The molecule has 1 aliphatic heterocycles. The lowest BCUT2D eigenvalue weighted by atomic mass is 10.2. The topological polar surface area (TPSA) is 41.4 Å². The molecule has 1 aromatic carbocycles. The molecule has 25 heavy (non-hydrogen) atoms. The first-order valence-electron chi connectivity index (χ1n) is 8.16. The molecule has 0 unspecified atom stereocenters. The zero-order chi connectivity index (χ0) is 18.0. The zero-order valence-corrected chi connectivity index (χ0v) is 17.0. The van der Waals surface area contributed by atoms with Crippen molar-refractivity contribution in [1.82, 2.24) is 19.6 Å². The van der Waals surface area contributed by atoms with E-state index in [9.17, 15) is 4.79 Å². The molecule has 2 heterocycles. The molecule has 0 aliphatic carbocycles. The Labute approximate surface area is 165 Å². The monoisotopic (exact) mass is 444 g/mol. The highest BCUT2D eigenvalue weighted by Crippen LogP contribution is 2.23. The maximum atomic E-state index is 12.7. The van der Waals surface area contributed by atoms with Crippen LogP contribution in [-0.2, 0) is 13.1 Å². The van der Waals surface area contributed by atoms with Gasteiger partial charge in [-0.1, -0.05) is 29.3 Å². The first kappa shape index (κ1) is 18.7. The van der Waals surface area contributed by atoms with Gasteiger partial charge in [0, 0.05) is 55.5 Å². The highest BCUT2D eigenvalue weighted by molar-refractivity contribution is 9.10. The van der Waals surface area contributed by atoms with Crippen LogP contribution in [0.5, 0.6) is 0 Å². The van der Waals surface area contributed by atoms with Crippen LogP contribution in [0.2, 0.25) is 10.0 Å². The van der Waals surface area contributed by atoms with Gasteiger partial charge in [-0.05, 0) is 40.5 Å². The van der Waals surface area contributed by atoms with Crippen molar-refractivity contribution in [2.24, 2.45) is 0 Å². The van der Waals surface area contributed by atoms with Crippen LogP contribution in [0.3, 0.4) is 0 Å². The number of amides is 1. The number of carbonyl (C=O) groups is 1. The second kappa shape index (κ2) is 8.08. The van der Waals surface area contributed by atoms with Gasteiger partial charge in [-0.2, -0.15) is 5.10 Å². The quantitative estimate of drug-likeness (QED) is 0.715. The summed E-state index contributed by atoms with van der Waals surface area (Å²) >= 11 is 15.6. The number of aryl methyl sites for hydroxylation is 1. The summed E-state index contributed by atoms with van der Waals surface area (Å²) in [5.41, 5.74) is 1.53. The predicted molar refractivity (Wildman–Crippen MR) is 103 cm³/mol. The van der Waals surface area contributed by atoms with Gasteiger partial charge in [-0.3, -0.25) is 14.4 Å². The summed E-state index contributed by atoms with van der Waals surface area (Å²) in [4.78, 5) is 16.8. The first-order valence-corrected chi connectivity index (χ1v) is 9.71. The van der Waals surface area contributed by atoms with Gasteiger partial charge in [-0.15, -0.1) is 0 Å². The van der Waals surface area contributed by atoms with Gasteiger partial charge < -0.3 is 4.90 Å². The first-order chi connectivity index (χ1) is 12.0. The number of hydrogen-bond donors (Lipinski definition) is 0. The average molecular weight is 446 g/mol. The smallest absolute Gasteiger partial charge is 0.275 e. The maximum absolute atomic E-state index is 12.7. The van der Waals surface area contributed by atoms with E-state index in [1.54, 1.807) is 10.7 Å². The van der Waals surface area contributed by atoms with E-state index < -0.39 is 0 Å². The van der Waals surface area contributed by atoms with Gasteiger partial charge in [0.2, 0.25) is 0 Å². The summed E-state index contributed by atoms with van der Waals surface area (Å²) in [6.07, 6.45) is 1.84. The summed E-state index contributed by atoms with van der Waals surface area (Å²) in [7, 11) is 0. The number of nitrogens with zero attached hydrogens (tertiary/aromatic N) is 4. The summed E-state index contributed by atoms with van der Waals surface area (Å²) in [5.74, 6) is -0.0248. The van der Waals surface area contributed by atoms with Gasteiger partial charge in [0.05, 0.1) is 4.47 Å². The average Bonchev–Trinajstić information content (AvgIpc) is 2.98. The normalized spacial score (nSPS) is 15.6. The van der Waals surface area contributed by atoms with Crippen molar-refractivity contribution in [3.05, 3.63) is 50.2 Å². The second-order valence-corrected chi connectivity index (χ2v) is 7.68. The van der Waals surface area contributed by atoms with Crippen molar-refractivity contribution in [2.45, 2.75) is 20.0 Å². The number of piperazine rings is 1. The van der Waals surface area contributed by atoms with Crippen LogP contribution < -0.4 is 0 Å². The molecule has 2 aromatic rings. The Hall–Kier alpha value is -1.08. The number of halogens is 3. The Kier molecular flexibility index (Phi) is 6.04. The van der Waals surface area contributed by atoms with E-state index in [0.717, 1.165) is 36.2 Å². The van der Waals surface area contributed by atoms with Gasteiger partial charge >= 0.3 is 0 Å². The largest absolute Gasteiger partial charge is 0.335 e. The molecule has 0 atom stereocenters. The SMILES string of the molecule is CCn1cc(Br)c(C(=O)N2CCN(Cc3ccc(Cl)cc3Cl)CC2)n1. The molecule has 1 aromatic heterocycles. The van der Waals surface area contributed by atoms with Gasteiger partial charge in [-0.25, -0.2) is 0 Å². The van der Waals surface area contributed by atoms with Crippen molar-refractivity contribution in [2.75, 3.05) is 26.2 Å². The molecule has 1 amide bonds. The molecule has 0 spiro atoms. The number of aromatic nitrogens is 2. The lowest BCUT2D eigenvalue weighted by Gasteiger charge is -2.34. The lowest BCUT2D eigenvalue weighted by Crippen LogP contribution is -2.48. The lowest BCUT2D eigenvalue weighted by molar-refractivity contribution is 0.0621. The summed E-state index contributed by atoms with van der Waals surface area (Å²) in [6.45, 7) is 6.45. The third kappa shape index (κ3) is 4.37. The minimum atomic E-state index is -0.0248. The predicted octanol–water partition coefficient (Wildman–Crippen LogP) is 3.93. The molecule has 0 bridgehead atoms. The molecular weight excluding hydrogens is 427 g/mol. The Bertz CT molecular complexity index is 772. The Morgan fingerprint density at radius 3 is 2.56 bits per heavy atom. The summed E-state index contributed by atoms with van der Waals surface area (Å²) < 4.78 is 2.51. The van der Waals surface area contributed by atoms with E-state index in [1.165, 1.54) is 0 Å². The maximum Gasteiger partial charge on any atom is 0.275 e. The zero-order valence-electron chi connectivity index (χ0n) is 13.9. The van der Waals surface area contributed by atoms with Crippen LogP contribution in [0.1, 0.15) is 23.0 Å². The fourth-order valence-electron chi connectivity index (χ4n) is 2.85. The van der Waals surface area contributed by atoms with Crippen LogP contribution >= 0.6 is 39.1 Å². The Morgan fingerprint density at radius 2 is 1.96 bits per heavy atom. The molecule has 1 aliphatic rings. The third-order valence-electron chi connectivity index (χ3n) is 4.31. The van der Waals surface area contributed by atoms with Gasteiger partial charge in [0.15, 0.2) is 5.69 Å². The van der Waals surface area contributed by atoms with Crippen molar-refractivity contribution >= 4 is 45.0 Å². The third-order valence-corrected chi connectivity index (χ3v) is 5.48. The minimum absolute atomic E-state index is 0.0248. The number of hydrogen-bond acceptors (Lipinski definition) is 3. The van der Waals surface area contributed by atoms with Crippen LogP contribution in [0.25, 0.3) is 0 Å². The number of benzene rings is 1. The molecular formula is C17H19BrCl2N4O. The molecule has 134 valence electrons. The molecule has 0 saturated carbocycles. The Morgan fingerprint density at radius 1 is 1.24 bits per heavy atom. The number of rotatable bonds is 4. The van der Waals surface area contributed by atoms with Gasteiger partial charge in [0.1, 0.15) is 0 Å². The second-order valence-electron chi connectivity index (χ2n) is 5.99. The van der Waals surface area contributed by atoms with Crippen molar-refractivity contribution in [3.63, 3.8) is 0 Å². The standard InChI is InChI=1S/C17H19BrCl2N4O/c1-2-24-11-14(18)16(21-24)17(25)23-7-5-22(6-8-23)10-12-3-4-13(19)9-15(12)20/h3-4,9,11H,2,5-8,10H2,1H3. The van der Waals surface area contributed by atoms with Crippen LogP contribution in [0.4, 0.5) is 0 Å². The van der Waals surface area contributed by atoms with Crippen molar-refractivity contribution < 1.29 is 4.79 Å². The molecule has 1 saturated heterocycles. The number of carbonyl (C=O) groups excluding carboxylic acids is 1. The van der Waals surface area contributed by atoms with E-state index in [-0.39, 0.29) is 5.91 Å². The molecule has 8 heteroatoms. The summed E-state index contributed by atoms with van der Waals surface area (Å²) in [6, 6.07) is 5.57. The van der Waals surface area contributed by atoms with E-state index in [0.29, 0.717) is 28.8 Å². The van der Waals surface area contributed by atoms with Crippen LogP contribution in [-0.4, -0.2) is 51.7 Å². The highest BCUT2D eigenvalue weighted by atomic mass is 79.9. The van der Waals surface area contributed by atoms with Crippen LogP contribution in [0, 0.1) is 0 Å².